The summed E-state index contributed by atoms with van der Waals surface area (Å²) in [6.45, 7) is 1.87. The number of allylic oxidation sites excluding steroid dienone is 1. The third kappa shape index (κ3) is 3.19. The van der Waals surface area contributed by atoms with E-state index in [1.807, 2.05) is 48.7 Å². The number of aryl methyl sites for hydroxylation is 1. The molecule has 0 fully saturated rings. The number of furan rings is 1. The second-order valence-electron chi connectivity index (χ2n) is 4.66. The highest BCUT2D eigenvalue weighted by molar-refractivity contribution is 9.10. The fraction of sp³-hybridized carbons (Fsp3) is 0.0588. The number of benzene rings is 1. The first-order valence-electron chi connectivity index (χ1n) is 6.56. The first-order chi connectivity index (χ1) is 10.7. The zero-order valence-electron chi connectivity index (χ0n) is 11.7. The first kappa shape index (κ1) is 14.8. The second kappa shape index (κ2) is 6.30. The summed E-state index contributed by atoms with van der Waals surface area (Å²) in [5.41, 5.74) is 2.39. The van der Waals surface area contributed by atoms with Gasteiger partial charge in [-0.25, -0.2) is 4.98 Å². The highest BCUT2D eigenvalue weighted by Gasteiger charge is 2.10. The smallest absolute Gasteiger partial charge is 0.134 e. The number of thiazole rings is 1. The molecule has 0 spiro atoms. The highest BCUT2D eigenvalue weighted by Crippen LogP contribution is 2.28. The van der Waals surface area contributed by atoms with E-state index in [9.17, 15) is 5.26 Å². The molecule has 1 aromatic carbocycles. The topological polar surface area (TPSA) is 49.8 Å². The predicted molar refractivity (Wildman–Crippen MR) is 92.2 cm³/mol. The predicted octanol–water partition coefficient (Wildman–Crippen LogP) is 5.54. The lowest BCUT2D eigenvalue weighted by molar-refractivity contribution is 0.525. The SMILES string of the molecule is Cc1ccc(C=C(C#N)c2nc(-c3ccc(Br)cc3)cs2)o1. The van der Waals surface area contributed by atoms with Gasteiger partial charge >= 0.3 is 0 Å². The van der Waals surface area contributed by atoms with Crippen LogP contribution in [0.2, 0.25) is 0 Å². The van der Waals surface area contributed by atoms with Crippen molar-refractivity contribution in [3.63, 3.8) is 0 Å². The lowest BCUT2D eigenvalue weighted by Crippen LogP contribution is -1.82. The number of hydrogen-bond acceptors (Lipinski definition) is 4. The van der Waals surface area contributed by atoms with Crippen molar-refractivity contribution < 1.29 is 4.42 Å². The quantitative estimate of drug-likeness (QED) is 0.568. The van der Waals surface area contributed by atoms with Crippen LogP contribution in [0, 0.1) is 18.3 Å². The van der Waals surface area contributed by atoms with Crippen LogP contribution in [0.15, 0.2) is 50.7 Å². The van der Waals surface area contributed by atoms with Crippen LogP contribution in [0.5, 0.6) is 0 Å². The van der Waals surface area contributed by atoms with Crippen LogP contribution in [-0.4, -0.2) is 4.98 Å². The summed E-state index contributed by atoms with van der Waals surface area (Å²) >= 11 is 4.87. The first-order valence-corrected chi connectivity index (χ1v) is 8.23. The Balaban J connectivity index is 1.93. The number of halogens is 1. The summed E-state index contributed by atoms with van der Waals surface area (Å²) in [4.78, 5) is 4.56. The van der Waals surface area contributed by atoms with E-state index in [4.69, 9.17) is 4.42 Å². The van der Waals surface area contributed by atoms with Gasteiger partial charge in [-0.1, -0.05) is 28.1 Å². The van der Waals surface area contributed by atoms with Gasteiger partial charge in [-0.15, -0.1) is 11.3 Å². The molecule has 0 saturated heterocycles. The van der Waals surface area contributed by atoms with Crippen molar-refractivity contribution in [2.24, 2.45) is 0 Å². The molecule has 108 valence electrons. The van der Waals surface area contributed by atoms with Crippen LogP contribution in [0.4, 0.5) is 0 Å². The Kier molecular flexibility index (Phi) is 4.23. The van der Waals surface area contributed by atoms with Gasteiger partial charge in [0.25, 0.3) is 0 Å². The van der Waals surface area contributed by atoms with Gasteiger partial charge in [0.1, 0.15) is 22.6 Å². The molecular weight excluding hydrogens is 360 g/mol. The molecule has 0 aliphatic rings. The van der Waals surface area contributed by atoms with Crippen LogP contribution in [0.1, 0.15) is 16.5 Å². The Morgan fingerprint density at radius 3 is 2.68 bits per heavy atom. The van der Waals surface area contributed by atoms with Gasteiger partial charge in [0.2, 0.25) is 0 Å². The molecule has 0 bridgehead atoms. The third-order valence-electron chi connectivity index (χ3n) is 3.04. The summed E-state index contributed by atoms with van der Waals surface area (Å²) in [6.07, 6.45) is 1.72. The zero-order valence-corrected chi connectivity index (χ0v) is 14.1. The Morgan fingerprint density at radius 1 is 1.27 bits per heavy atom. The summed E-state index contributed by atoms with van der Waals surface area (Å²) in [5.74, 6) is 1.48. The van der Waals surface area contributed by atoms with E-state index in [2.05, 4.69) is 27.0 Å². The average molecular weight is 371 g/mol. The van der Waals surface area contributed by atoms with Gasteiger partial charge in [-0.05, 0) is 31.2 Å². The lowest BCUT2D eigenvalue weighted by atomic mass is 10.2. The molecule has 0 saturated carbocycles. The van der Waals surface area contributed by atoms with Gasteiger partial charge < -0.3 is 4.42 Å². The number of aromatic nitrogens is 1. The molecule has 0 atom stereocenters. The number of rotatable bonds is 3. The summed E-state index contributed by atoms with van der Waals surface area (Å²) in [5, 5.41) is 12.0. The van der Waals surface area contributed by atoms with Gasteiger partial charge in [-0.3, -0.25) is 0 Å². The zero-order chi connectivity index (χ0) is 15.5. The average Bonchev–Trinajstić information content (AvgIpc) is 3.15. The fourth-order valence-electron chi connectivity index (χ4n) is 1.97. The molecule has 0 aliphatic carbocycles. The fourth-order valence-corrected chi connectivity index (χ4v) is 3.02. The van der Waals surface area contributed by atoms with Crippen molar-refractivity contribution in [2.75, 3.05) is 0 Å². The van der Waals surface area contributed by atoms with Crippen molar-refractivity contribution in [1.82, 2.24) is 4.98 Å². The Labute approximate surface area is 140 Å². The molecule has 3 aromatic rings. The normalized spacial score (nSPS) is 11.4. The van der Waals surface area contributed by atoms with Crippen molar-refractivity contribution in [3.05, 3.63) is 62.8 Å². The molecule has 0 unspecified atom stereocenters. The van der Waals surface area contributed by atoms with E-state index < -0.39 is 0 Å². The lowest BCUT2D eigenvalue weighted by Gasteiger charge is -1.96. The van der Waals surface area contributed by atoms with E-state index in [0.717, 1.165) is 21.5 Å². The second-order valence-corrected chi connectivity index (χ2v) is 6.44. The van der Waals surface area contributed by atoms with E-state index in [1.165, 1.54) is 11.3 Å². The van der Waals surface area contributed by atoms with Crippen LogP contribution in [0.25, 0.3) is 22.9 Å². The highest BCUT2D eigenvalue weighted by atomic mass is 79.9. The largest absolute Gasteiger partial charge is 0.462 e. The molecule has 2 heterocycles. The minimum absolute atomic E-state index is 0.503. The molecular formula is C17H11BrN2OS. The van der Waals surface area contributed by atoms with Crippen molar-refractivity contribution >= 4 is 38.9 Å². The summed E-state index contributed by atoms with van der Waals surface area (Å²) < 4.78 is 6.51. The van der Waals surface area contributed by atoms with Crippen LogP contribution in [-0.2, 0) is 0 Å². The maximum Gasteiger partial charge on any atom is 0.134 e. The maximum absolute atomic E-state index is 9.36. The van der Waals surface area contributed by atoms with E-state index in [-0.39, 0.29) is 0 Å². The molecule has 0 N–H and O–H groups in total. The molecule has 22 heavy (non-hydrogen) atoms. The number of nitrogens with zero attached hydrogens (tertiary/aromatic N) is 2. The molecule has 0 aliphatic heterocycles. The van der Waals surface area contributed by atoms with Gasteiger partial charge in [0.15, 0.2) is 0 Å². The monoisotopic (exact) mass is 370 g/mol. The van der Waals surface area contributed by atoms with Crippen molar-refractivity contribution in [3.8, 4) is 17.3 Å². The maximum atomic E-state index is 9.36. The molecule has 0 radical (unpaired) electrons. The number of hydrogen-bond donors (Lipinski definition) is 0. The van der Waals surface area contributed by atoms with Gasteiger partial charge in [0, 0.05) is 21.5 Å². The van der Waals surface area contributed by atoms with Crippen LogP contribution < -0.4 is 0 Å². The molecule has 3 rings (SSSR count). The Bertz CT molecular complexity index is 869. The van der Waals surface area contributed by atoms with Crippen molar-refractivity contribution in [1.29, 1.82) is 5.26 Å². The number of nitriles is 1. The summed E-state index contributed by atoms with van der Waals surface area (Å²) in [7, 11) is 0. The van der Waals surface area contributed by atoms with Crippen molar-refractivity contribution in [2.45, 2.75) is 6.92 Å². The van der Waals surface area contributed by atoms with E-state index >= 15 is 0 Å². The Morgan fingerprint density at radius 2 is 2.05 bits per heavy atom. The molecule has 3 nitrogen and oxygen atoms in total. The van der Waals surface area contributed by atoms with Gasteiger partial charge in [-0.2, -0.15) is 5.26 Å². The Hall–Kier alpha value is -2.16. The third-order valence-corrected chi connectivity index (χ3v) is 4.45. The van der Waals surface area contributed by atoms with Crippen LogP contribution in [0.3, 0.4) is 0 Å². The van der Waals surface area contributed by atoms with Crippen LogP contribution >= 0.6 is 27.3 Å². The minimum atomic E-state index is 0.503. The molecule has 0 amide bonds. The standard InChI is InChI=1S/C17H11BrN2OS/c1-11-2-7-15(21-11)8-13(9-19)17-20-16(10-22-17)12-3-5-14(18)6-4-12/h2-8,10H,1H3. The molecule has 2 aromatic heterocycles. The van der Waals surface area contributed by atoms with E-state index in [1.54, 1.807) is 6.08 Å². The minimum Gasteiger partial charge on any atom is -0.462 e. The molecule has 5 heteroatoms. The van der Waals surface area contributed by atoms with Gasteiger partial charge in [0.05, 0.1) is 11.3 Å². The van der Waals surface area contributed by atoms with E-state index in [0.29, 0.717) is 16.3 Å². The summed E-state index contributed by atoms with van der Waals surface area (Å²) in [6, 6.07) is 13.8.